The molecule has 0 amide bonds. The number of anilines is 1. The minimum atomic E-state index is 0. The molecule has 4 heteroatoms. The fourth-order valence-electron chi connectivity index (χ4n) is 0.585. The van der Waals surface area contributed by atoms with Gasteiger partial charge in [0.05, 0.1) is 5.69 Å². The van der Waals surface area contributed by atoms with Crippen molar-refractivity contribution in [2.45, 2.75) is 6.54 Å². The van der Waals surface area contributed by atoms with Gasteiger partial charge in [-0.15, -0.1) is 12.4 Å². The maximum Gasteiger partial charge on any atom is 0.0537 e. The molecule has 1 heterocycles. The number of aromatic nitrogens is 1. The SMILES string of the molecule is Cl.NCc1c[nH]cc1N. The fourth-order valence-corrected chi connectivity index (χ4v) is 0.585. The summed E-state index contributed by atoms with van der Waals surface area (Å²) in [6.07, 6.45) is 3.53. The molecule has 5 N–H and O–H groups in total. The van der Waals surface area contributed by atoms with Gasteiger partial charge in [-0.2, -0.15) is 0 Å². The summed E-state index contributed by atoms with van der Waals surface area (Å²) in [4.78, 5) is 2.84. The van der Waals surface area contributed by atoms with Crippen LogP contribution in [0, 0.1) is 0 Å². The molecule has 0 aliphatic heterocycles. The molecule has 0 fully saturated rings. The maximum atomic E-state index is 5.44. The topological polar surface area (TPSA) is 67.8 Å². The van der Waals surface area contributed by atoms with Gasteiger partial charge in [0, 0.05) is 24.5 Å². The van der Waals surface area contributed by atoms with E-state index < -0.39 is 0 Å². The molecule has 0 saturated heterocycles. The van der Waals surface area contributed by atoms with E-state index in [9.17, 15) is 0 Å². The lowest BCUT2D eigenvalue weighted by Crippen LogP contribution is -1.97. The number of nitrogens with one attached hydrogen (secondary N) is 1. The fraction of sp³-hybridized carbons (Fsp3) is 0.200. The molecule has 0 unspecified atom stereocenters. The third kappa shape index (κ3) is 1.62. The number of halogens is 1. The van der Waals surface area contributed by atoms with Crippen molar-refractivity contribution in [3.63, 3.8) is 0 Å². The van der Waals surface area contributed by atoms with E-state index in [4.69, 9.17) is 11.5 Å². The minimum Gasteiger partial charge on any atom is -0.397 e. The summed E-state index contributed by atoms with van der Waals surface area (Å²) in [6, 6.07) is 0. The Hall–Kier alpha value is -0.670. The summed E-state index contributed by atoms with van der Waals surface area (Å²) in [7, 11) is 0. The van der Waals surface area contributed by atoms with E-state index in [1.165, 1.54) is 0 Å². The van der Waals surface area contributed by atoms with Crippen LogP contribution < -0.4 is 11.5 Å². The van der Waals surface area contributed by atoms with Gasteiger partial charge in [0.2, 0.25) is 0 Å². The van der Waals surface area contributed by atoms with Crippen molar-refractivity contribution in [2.75, 3.05) is 5.73 Å². The summed E-state index contributed by atoms with van der Waals surface area (Å²) < 4.78 is 0. The maximum absolute atomic E-state index is 5.44. The second kappa shape index (κ2) is 3.37. The Morgan fingerprint density at radius 1 is 1.44 bits per heavy atom. The van der Waals surface area contributed by atoms with Crippen LogP contribution in [0.1, 0.15) is 5.56 Å². The van der Waals surface area contributed by atoms with Gasteiger partial charge in [-0.1, -0.05) is 0 Å². The quantitative estimate of drug-likeness (QED) is 0.541. The molecule has 0 radical (unpaired) electrons. The van der Waals surface area contributed by atoms with Crippen molar-refractivity contribution in [2.24, 2.45) is 5.73 Å². The van der Waals surface area contributed by atoms with Crippen molar-refractivity contribution >= 4 is 18.1 Å². The van der Waals surface area contributed by atoms with Crippen molar-refractivity contribution in [1.82, 2.24) is 4.98 Å². The van der Waals surface area contributed by atoms with Crippen LogP contribution in [0.2, 0.25) is 0 Å². The van der Waals surface area contributed by atoms with Crippen LogP contribution in [-0.4, -0.2) is 4.98 Å². The van der Waals surface area contributed by atoms with Gasteiger partial charge in [0.1, 0.15) is 0 Å². The summed E-state index contributed by atoms with van der Waals surface area (Å²) in [5.41, 5.74) is 12.5. The lowest BCUT2D eigenvalue weighted by Gasteiger charge is -1.88. The van der Waals surface area contributed by atoms with Crippen molar-refractivity contribution in [1.29, 1.82) is 0 Å². The average molecular weight is 148 g/mol. The second-order valence-electron chi connectivity index (χ2n) is 1.64. The Balaban J connectivity index is 0.000000640. The first-order valence-electron chi connectivity index (χ1n) is 2.46. The first-order chi connectivity index (χ1) is 3.84. The highest BCUT2D eigenvalue weighted by molar-refractivity contribution is 5.85. The molecule has 0 spiro atoms. The van der Waals surface area contributed by atoms with Crippen LogP contribution in [0.4, 0.5) is 5.69 Å². The third-order valence-electron chi connectivity index (χ3n) is 1.09. The van der Waals surface area contributed by atoms with E-state index in [0.29, 0.717) is 6.54 Å². The van der Waals surface area contributed by atoms with Crippen LogP contribution in [0.25, 0.3) is 0 Å². The monoisotopic (exact) mass is 147 g/mol. The zero-order valence-electron chi connectivity index (χ0n) is 4.92. The summed E-state index contributed by atoms with van der Waals surface area (Å²) >= 11 is 0. The van der Waals surface area contributed by atoms with Gasteiger partial charge in [-0.05, 0) is 0 Å². The number of nitrogens with two attached hydrogens (primary N) is 2. The standard InChI is InChI=1S/C5H9N3.ClH/c6-1-4-2-8-3-5(4)7;/h2-3,8H,1,6-7H2;1H. The molecule has 1 aromatic heterocycles. The summed E-state index contributed by atoms with van der Waals surface area (Å²) in [6.45, 7) is 0.509. The molecule has 0 aliphatic rings. The van der Waals surface area contributed by atoms with Gasteiger partial charge < -0.3 is 16.5 Å². The Kier molecular flexibility index (Phi) is 3.12. The first-order valence-corrected chi connectivity index (χ1v) is 2.46. The first kappa shape index (κ1) is 8.33. The highest BCUT2D eigenvalue weighted by Gasteiger charge is 1.92. The molecule has 0 atom stereocenters. The Morgan fingerprint density at radius 3 is 2.33 bits per heavy atom. The molecule has 0 bridgehead atoms. The number of hydrogen-bond donors (Lipinski definition) is 3. The molecule has 0 saturated carbocycles. The molecule has 1 rings (SSSR count). The molecule has 1 aromatic rings. The Labute approximate surface area is 59.8 Å². The van der Waals surface area contributed by atoms with Crippen molar-refractivity contribution in [3.8, 4) is 0 Å². The number of aromatic amines is 1. The lowest BCUT2D eigenvalue weighted by atomic mass is 10.3. The molecule has 0 aliphatic carbocycles. The molecule has 0 aromatic carbocycles. The van der Waals surface area contributed by atoms with Crippen molar-refractivity contribution < 1.29 is 0 Å². The second-order valence-corrected chi connectivity index (χ2v) is 1.64. The summed E-state index contributed by atoms with van der Waals surface area (Å²) in [5.74, 6) is 0. The molecular weight excluding hydrogens is 138 g/mol. The van der Waals surface area contributed by atoms with E-state index in [0.717, 1.165) is 11.3 Å². The Morgan fingerprint density at radius 2 is 2.11 bits per heavy atom. The summed E-state index contributed by atoms with van der Waals surface area (Å²) in [5, 5.41) is 0. The molecule has 9 heavy (non-hydrogen) atoms. The van der Waals surface area contributed by atoms with Gasteiger partial charge in [0.15, 0.2) is 0 Å². The number of hydrogen-bond acceptors (Lipinski definition) is 2. The zero-order valence-corrected chi connectivity index (χ0v) is 5.74. The smallest absolute Gasteiger partial charge is 0.0537 e. The van der Waals surface area contributed by atoms with Crippen molar-refractivity contribution in [3.05, 3.63) is 18.0 Å². The van der Waals surface area contributed by atoms with E-state index in [2.05, 4.69) is 4.98 Å². The minimum absolute atomic E-state index is 0. The third-order valence-corrected chi connectivity index (χ3v) is 1.09. The lowest BCUT2D eigenvalue weighted by molar-refractivity contribution is 1.08. The largest absolute Gasteiger partial charge is 0.397 e. The van der Waals surface area contributed by atoms with Crippen LogP contribution in [0.15, 0.2) is 12.4 Å². The van der Waals surface area contributed by atoms with E-state index in [1.807, 2.05) is 0 Å². The molecule has 52 valence electrons. The van der Waals surface area contributed by atoms with Crippen LogP contribution in [0.5, 0.6) is 0 Å². The van der Waals surface area contributed by atoms with Gasteiger partial charge in [0.25, 0.3) is 0 Å². The van der Waals surface area contributed by atoms with Crippen LogP contribution in [-0.2, 0) is 6.54 Å². The molecular formula is C5H10ClN3. The van der Waals surface area contributed by atoms with Gasteiger partial charge >= 0.3 is 0 Å². The van der Waals surface area contributed by atoms with Gasteiger partial charge in [-0.3, -0.25) is 0 Å². The van der Waals surface area contributed by atoms with Crippen LogP contribution >= 0.6 is 12.4 Å². The number of rotatable bonds is 1. The predicted octanol–water partition coefficient (Wildman–Crippen LogP) is 0.477. The molecule has 3 nitrogen and oxygen atoms in total. The zero-order chi connectivity index (χ0) is 5.98. The predicted molar refractivity (Wildman–Crippen MR) is 40.3 cm³/mol. The highest BCUT2D eigenvalue weighted by Crippen LogP contribution is 2.06. The van der Waals surface area contributed by atoms with E-state index >= 15 is 0 Å². The normalized spacial score (nSPS) is 8.56. The van der Waals surface area contributed by atoms with E-state index in [-0.39, 0.29) is 12.4 Å². The van der Waals surface area contributed by atoms with Gasteiger partial charge in [-0.25, -0.2) is 0 Å². The Bertz CT molecular complexity index is 172. The average Bonchev–Trinajstić information content (AvgIpc) is 2.14. The number of H-pyrrole nitrogens is 1. The van der Waals surface area contributed by atoms with E-state index in [1.54, 1.807) is 12.4 Å². The number of nitrogen functional groups attached to an aromatic ring is 1. The highest BCUT2D eigenvalue weighted by atomic mass is 35.5. The van der Waals surface area contributed by atoms with Crippen LogP contribution in [0.3, 0.4) is 0 Å².